The molecule has 163 valence electrons. The number of rotatable bonds is 7. The largest absolute Gasteiger partial charge is 0.379 e. The highest BCUT2D eigenvalue weighted by molar-refractivity contribution is 6.03. The molecule has 31 heavy (non-hydrogen) atoms. The van der Waals surface area contributed by atoms with Gasteiger partial charge in [0.25, 0.3) is 0 Å². The zero-order valence-electron chi connectivity index (χ0n) is 17.4. The molecule has 2 heterocycles. The van der Waals surface area contributed by atoms with Crippen LogP contribution in [0.5, 0.6) is 0 Å². The van der Waals surface area contributed by atoms with Crippen LogP contribution in [-0.4, -0.2) is 60.9 Å². The zero-order chi connectivity index (χ0) is 21.6. The predicted octanol–water partition coefficient (Wildman–Crippen LogP) is 3.21. The summed E-state index contributed by atoms with van der Waals surface area (Å²) in [6.45, 7) is 4.87. The van der Waals surface area contributed by atoms with Crippen LogP contribution in [0, 0.1) is 17.7 Å². The van der Waals surface area contributed by atoms with Gasteiger partial charge in [-0.25, -0.2) is 13.8 Å². The minimum absolute atomic E-state index is 0.118. The SMILES string of the molecule is O=C(Cc1ccc[c]c1CCCN1CCOCC1)N1CCC(c2cc(F)ccc2F)=N1. The molecule has 2 aliphatic rings. The van der Waals surface area contributed by atoms with Crippen LogP contribution in [0.25, 0.3) is 0 Å². The third-order valence-electron chi connectivity index (χ3n) is 5.71. The van der Waals surface area contributed by atoms with E-state index in [0.717, 1.165) is 75.0 Å². The molecule has 0 aliphatic carbocycles. The van der Waals surface area contributed by atoms with Crippen LogP contribution in [0.1, 0.15) is 29.5 Å². The van der Waals surface area contributed by atoms with Gasteiger partial charge in [-0.1, -0.05) is 18.2 Å². The Morgan fingerprint density at radius 1 is 1.16 bits per heavy atom. The molecule has 1 amide bonds. The van der Waals surface area contributed by atoms with Crippen molar-refractivity contribution >= 4 is 11.6 Å². The molecule has 4 rings (SSSR count). The number of hydrazone groups is 1. The number of nitrogens with zero attached hydrogens (tertiary/aromatic N) is 3. The lowest BCUT2D eigenvalue weighted by atomic mass is 10.00. The number of carbonyl (C=O) groups excluding carboxylic acids is 1. The number of hydrogen-bond acceptors (Lipinski definition) is 4. The summed E-state index contributed by atoms with van der Waals surface area (Å²) < 4.78 is 32.9. The number of amides is 1. The van der Waals surface area contributed by atoms with Crippen molar-refractivity contribution in [3.05, 3.63) is 70.8 Å². The van der Waals surface area contributed by atoms with E-state index in [1.54, 1.807) is 0 Å². The molecule has 2 aromatic rings. The second kappa shape index (κ2) is 10.1. The molecular weight excluding hydrogens is 400 g/mol. The molecule has 2 aromatic carbocycles. The van der Waals surface area contributed by atoms with E-state index in [1.807, 2.05) is 18.2 Å². The Morgan fingerprint density at radius 2 is 2.00 bits per heavy atom. The van der Waals surface area contributed by atoms with E-state index in [1.165, 1.54) is 5.01 Å². The van der Waals surface area contributed by atoms with Crippen molar-refractivity contribution in [1.29, 1.82) is 0 Å². The van der Waals surface area contributed by atoms with Gasteiger partial charge in [0.05, 0.1) is 31.9 Å². The lowest BCUT2D eigenvalue weighted by molar-refractivity contribution is -0.130. The van der Waals surface area contributed by atoms with Gasteiger partial charge in [0.2, 0.25) is 5.91 Å². The number of ether oxygens (including phenoxy) is 1. The summed E-state index contributed by atoms with van der Waals surface area (Å²) in [5, 5.41) is 5.64. The van der Waals surface area contributed by atoms with Gasteiger partial charge in [-0.2, -0.15) is 5.10 Å². The van der Waals surface area contributed by atoms with Crippen molar-refractivity contribution in [2.45, 2.75) is 25.7 Å². The Hall–Kier alpha value is -2.64. The second-order valence-corrected chi connectivity index (χ2v) is 7.85. The van der Waals surface area contributed by atoms with Crippen molar-refractivity contribution < 1.29 is 18.3 Å². The molecule has 0 bridgehead atoms. The summed E-state index contributed by atoms with van der Waals surface area (Å²) in [5.41, 5.74) is 2.50. The highest BCUT2D eigenvalue weighted by Crippen LogP contribution is 2.20. The first kappa shape index (κ1) is 21.6. The van der Waals surface area contributed by atoms with Crippen LogP contribution in [-0.2, 0) is 22.4 Å². The highest BCUT2D eigenvalue weighted by Gasteiger charge is 2.24. The first-order valence-electron chi connectivity index (χ1n) is 10.7. The Bertz CT molecular complexity index is 958. The van der Waals surface area contributed by atoms with Crippen molar-refractivity contribution in [1.82, 2.24) is 9.91 Å². The molecule has 5 nitrogen and oxygen atoms in total. The Morgan fingerprint density at radius 3 is 2.84 bits per heavy atom. The van der Waals surface area contributed by atoms with Crippen LogP contribution in [0.4, 0.5) is 8.78 Å². The van der Waals surface area contributed by atoms with Crippen LogP contribution < -0.4 is 0 Å². The molecular formula is C24H26F2N3O2. The smallest absolute Gasteiger partial charge is 0.247 e. The third kappa shape index (κ3) is 5.54. The number of hydrogen-bond donors (Lipinski definition) is 0. The number of morpholine rings is 1. The quantitative estimate of drug-likeness (QED) is 0.683. The molecule has 7 heteroatoms. The average molecular weight is 426 g/mol. The van der Waals surface area contributed by atoms with Crippen molar-refractivity contribution in [2.24, 2.45) is 5.10 Å². The maximum absolute atomic E-state index is 14.0. The van der Waals surface area contributed by atoms with E-state index in [-0.39, 0.29) is 17.9 Å². The van der Waals surface area contributed by atoms with Gasteiger partial charge >= 0.3 is 0 Å². The topological polar surface area (TPSA) is 45.1 Å². The summed E-state index contributed by atoms with van der Waals surface area (Å²) in [6.07, 6.45) is 2.46. The van der Waals surface area contributed by atoms with Gasteiger partial charge in [-0.15, -0.1) is 0 Å². The average Bonchev–Trinajstić information content (AvgIpc) is 3.28. The molecule has 0 saturated carbocycles. The fraction of sp³-hybridized carbons (Fsp3) is 0.417. The normalized spacial score (nSPS) is 17.1. The van der Waals surface area contributed by atoms with Gasteiger partial charge in [0.15, 0.2) is 0 Å². The van der Waals surface area contributed by atoms with E-state index < -0.39 is 11.6 Å². The maximum atomic E-state index is 14.0. The predicted molar refractivity (Wildman–Crippen MR) is 114 cm³/mol. The maximum Gasteiger partial charge on any atom is 0.247 e. The number of carbonyl (C=O) groups is 1. The summed E-state index contributed by atoms with van der Waals surface area (Å²) in [6, 6.07) is 12.3. The number of aryl methyl sites for hydroxylation is 1. The van der Waals surface area contributed by atoms with E-state index in [4.69, 9.17) is 4.74 Å². The summed E-state index contributed by atoms with van der Waals surface area (Å²) in [4.78, 5) is 15.2. The Balaban J connectivity index is 1.37. The highest BCUT2D eigenvalue weighted by atomic mass is 19.1. The van der Waals surface area contributed by atoms with Crippen LogP contribution >= 0.6 is 0 Å². The first-order chi connectivity index (χ1) is 15.1. The fourth-order valence-electron chi connectivity index (χ4n) is 4.01. The van der Waals surface area contributed by atoms with Gasteiger partial charge in [-0.05, 0) is 54.8 Å². The lowest BCUT2D eigenvalue weighted by Gasteiger charge is -2.26. The molecule has 1 radical (unpaired) electrons. The van der Waals surface area contributed by atoms with Crippen LogP contribution in [0.3, 0.4) is 0 Å². The summed E-state index contributed by atoms with van der Waals surface area (Å²) in [7, 11) is 0. The molecule has 1 fully saturated rings. The molecule has 0 unspecified atom stereocenters. The van der Waals surface area contributed by atoms with Gasteiger partial charge in [-0.3, -0.25) is 9.69 Å². The molecule has 0 atom stereocenters. The first-order valence-corrected chi connectivity index (χ1v) is 10.7. The number of benzene rings is 2. The molecule has 0 spiro atoms. The molecule has 0 aromatic heterocycles. The minimum atomic E-state index is -0.533. The van der Waals surface area contributed by atoms with E-state index in [2.05, 4.69) is 16.1 Å². The standard InChI is InChI=1S/C24H26F2N3O2/c25-20-7-8-22(26)21(17-20)23-9-11-29(27-23)24(30)16-19-5-2-1-4-18(19)6-3-10-28-12-14-31-15-13-28/h1-2,5,7-8,17H,3,6,9-16H2. The summed E-state index contributed by atoms with van der Waals surface area (Å²) in [5.74, 6) is -1.21. The lowest BCUT2D eigenvalue weighted by Crippen LogP contribution is -2.37. The van der Waals surface area contributed by atoms with Crippen molar-refractivity contribution in [3.63, 3.8) is 0 Å². The molecule has 2 aliphatic heterocycles. The van der Waals surface area contributed by atoms with E-state index in [9.17, 15) is 13.6 Å². The summed E-state index contributed by atoms with van der Waals surface area (Å²) >= 11 is 0. The van der Waals surface area contributed by atoms with Gasteiger partial charge < -0.3 is 4.74 Å². The van der Waals surface area contributed by atoms with E-state index in [0.29, 0.717) is 18.7 Å². The molecule has 1 saturated heterocycles. The Labute approximate surface area is 181 Å². The zero-order valence-corrected chi connectivity index (χ0v) is 17.4. The monoisotopic (exact) mass is 426 g/mol. The number of halogens is 2. The van der Waals surface area contributed by atoms with E-state index >= 15 is 0 Å². The third-order valence-corrected chi connectivity index (χ3v) is 5.71. The van der Waals surface area contributed by atoms with Crippen molar-refractivity contribution in [2.75, 3.05) is 39.4 Å². The van der Waals surface area contributed by atoms with Gasteiger partial charge in [0, 0.05) is 25.1 Å². The Kier molecular flexibility index (Phi) is 7.04. The van der Waals surface area contributed by atoms with Gasteiger partial charge in [0.1, 0.15) is 11.6 Å². The molecule has 0 N–H and O–H groups in total. The minimum Gasteiger partial charge on any atom is -0.379 e. The van der Waals surface area contributed by atoms with Crippen molar-refractivity contribution in [3.8, 4) is 0 Å². The second-order valence-electron chi connectivity index (χ2n) is 7.85. The fourth-order valence-corrected chi connectivity index (χ4v) is 4.01. The van der Waals surface area contributed by atoms with Crippen LogP contribution in [0.15, 0.2) is 41.5 Å². The van der Waals surface area contributed by atoms with Crippen LogP contribution in [0.2, 0.25) is 0 Å².